The monoisotopic (exact) mass is 378 g/mol. The highest BCUT2D eigenvalue weighted by Crippen LogP contribution is 2.35. The molecule has 27 heavy (non-hydrogen) atoms. The normalized spacial score (nSPS) is 24.6. The van der Waals surface area contributed by atoms with Gasteiger partial charge in [-0.3, -0.25) is 19.0 Å². The van der Waals surface area contributed by atoms with Crippen molar-refractivity contribution in [2.45, 2.75) is 45.3 Å². The van der Waals surface area contributed by atoms with Gasteiger partial charge in [0.1, 0.15) is 24.6 Å². The highest BCUT2D eigenvalue weighted by atomic mass is 16.7. The highest BCUT2D eigenvalue weighted by Gasteiger charge is 2.50. The molecule has 0 unspecified atom stereocenters. The zero-order chi connectivity index (χ0) is 19.6. The average molecular weight is 378 g/mol. The van der Waals surface area contributed by atoms with Crippen molar-refractivity contribution in [1.82, 2.24) is 19.5 Å². The number of rotatable bonds is 5. The van der Waals surface area contributed by atoms with Crippen LogP contribution in [0, 0.1) is 0 Å². The van der Waals surface area contributed by atoms with E-state index in [1.54, 1.807) is 4.57 Å². The van der Waals surface area contributed by atoms with Crippen LogP contribution in [0.1, 0.15) is 27.0 Å². The number of hydrogen-bond donors (Lipinski definition) is 0. The van der Waals surface area contributed by atoms with E-state index >= 15 is 0 Å². The lowest BCUT2D eigenvalue weighted by Gasteiger charge is -2.23. The summed E-state index contributed by atoms with van der Waals surface area (Å²) < 4.78 is 23.2. The fraction of sp³-hybridized carbons (Fsp3) is 0.500. The van der Waals surface area contributed by atoms with Crippen LogP contribution in [-0.2, 0) is 33.3 Å². The van der Waals surface area contributed by atoms with Gasteiger partial charge >= 0.3 is 17.9 Å². The maximum Gasteiger partial charge on any atom is 0.303 e. The SMILES string of the molecule is CC(=O)OC[C@H]1O[C@@H](n2cnc3ncncc32)[C@H](OC(C)=O)[C@@H]1OC(C)=O. The van der Waals surface area contributed by atoms with Gasteiger partial charge in [-0.25, -0.2) is 15.0 Å². The molecule has 1 aliphatic heterocycles. The van der Waals surface area contributed by atoms with Crippen LogP contribution in [0.4, 0.5) is 0 Å². The molecule has 0 bridgehead atoms. The van der Waals surface area contributed by atoms with Crippen LogP contribution in [0.5, 0.6) is 0 Å². The zero-order valence-electron chi connectivity index (χ0n) is 14.9. The summed E-state index contributed by atoms with van der Waals surface area (Å²) in [5.74, 6) is -1.69. The third-order valence-electron chi connectivity index (χ3n) is 3.87. The van der Waals surface area contributed by atoms with Crippen LogP contribution >= 0.6 is 0 Å². The number of imidazole rings is 1. The minimum atomic E-state index is -0.982. The molecule has 0 radical (unpaired) electrons. The largest absolute Gasteiger partial charge is 0.463 e. The Morgan fingerprint density at radius 3 is 2.44 bits per heavy atom. The van der Waals surface area contributed by atoms with Crippen molar-refractivity contribution < 1.29 is 33.3 Å². The van der Waals surface area contributed by atoms with Gasteiger partial charge in [0.05, 0.1) is 12.5 Å². The molecule has 2 aromatic heterocycles. The van der Waals surface area contributed by atoms with Crippen molar-refractivity contribution in [2.24, 2.45) is 0 Å². The first kappa shape index (κ1) is 18.7. The van der Waals surface area contributed by atoms with Crippen LogP contribution < -0.4 is 0 Å². The Morgan fingerprint density at radius 2 is 1.78 bits per heavy atom. The maximum absolute atomic E-state index is 11.6. The van der Waals surface area contributed by atoms with E-state index in [9.17, 15) is 14.4 Å². The fourth-order valence-corrected chi connectivity index (χ4v) is 2.90. The van der Waals surface area contributed by atoms with Gasteiger partial charge in [-0.1, -0.05) is 0 Å². The van der Waals surface area contributed by atoms with Crippen molar-refractivity contribution in [1.29, 1.82) is 0 Å². The van der Waals surface area contributed by atoms with E-state index in [4.69, 9.17) is 18.9 Å². The molecule has 0 amide bonds. The molecule has 0 N–H and O–H groups in total. The van der Waals surface area contributed by atoms with E-state index in [-0.39, 0.29) is 6.61 Å². The number of nitrogens with zero attached hydrogens (tertiary/aromatic N) is 4. The van der Waals surface area contributed by atoms with Crippen LogP contribution in [0.2, 0.25) is 0 Å². The van der Waals surface area contributed by atoms with Crippen molar-refractivity contribution in [3.8, 4) is 0 Å². The number of esters is 3. The van der Waals surface area contributed by atoms with E-state index in [2.05, 4.69) is 15.0 Å². The number of fused-ring (bicyclic) bond motifs is 1. The molecular weight excluding hydrogens is 360 g/mol. The predicted molar refractivity (Wildman–Crippen MR) is 87.0 cm³/mol. The van der Waals surface area contributed by atoms with Gasteiger partial charge in [-0.15, -0.1) is 0 Å². The molecule has 2 aromatic rings. The number of ether oxygens (including phenoxy) is 4. The molecular formula is C16H18N4O7. The maximum atomic E-state index is 11.6. The summed E-state index contributed by atoms with van der Waals surface area (Å²) in [7, 11) is 0. The first-order chi connectivity index (χ1) is 12.9. The molecule has 1 aliphatic rings. The van der Waals surface area contributed by atoms with Crippen molar-refractivity contribution in [2.75, 3.05) is 6.61 Å². The molecule has 11 heteroatoms. The molecule has 1 saturated heterocycles. The highest BCUT2D eigenvalue weighted by molar-refractivity contribution is 5.70. The van der Waals surface area contributed by atoms with Gasteiger partial charge in [0, 0.05) is 20.8 Å². The second-order valence-electron chi connectivity index (χ2n) is 5.90. The van der Waals surface area contributed by atoms with E-state index in [0.29, 0.717) is 11.2 Å². The van der Waals surface area contributed by atoms with Crippen LogP contribution in [0.25, 0.3) is 11.2 Å². The predicted octanol–water partition coefficient (Wildman–Crippen LogP) is 0.150. The molecule has 3 rings (SSSR count). The van der Waals surface area contributed by atoms with Gasteiger partial charge < -0.3 is 18.9 Å². The minimum absolute atomic E-state index is 0.176. The summed E-state index contributed by atoms with van der Waals surface area (Å²) in [4.78, 5) is 46.5. The number of hydrogen-bond acceptors (Lipinski definition) is 10. The number of carbonyl (C=O) groups excluding carboxylic acids is 3. The fourth-order valence-electron chi connectivity index (χ4n) is 2.90. The summed E-state index contributed by atoms with van der Waals surface area (Å²) >= 11 is 0. The third kappa shape index (κ3) is 4.03. The lowest BCUT2D eigenvalue weighted by Crippen LogP contribution is -2.40. The Morgan fingerprint density at radius 1 is 1.07 bits per heavy atom. The number of carbonyl (C=O) groups is 3. The quantitative estimate of drug-likeness (QED) is 0.523. The van der Waals surface area contributed by atoms with Crippen LogP contribution in [-0.4, -0.2) is 62.3 Å². The average Bonchev–Trinajstić information content (AvgIpc) is 3.15. The first-order valence-corrected chi connectivity index (χ1v) is 8.12. The topological polar surface area (TPSA) is 132 Å². The Hall–Kier alpha value is -3.08. The zero-order valence-corrected chi connectivity index (χ0v) is 14.9. The van der Waals surface area contributed by atoms with E-state index in [1.807, 2.05) is 0 Å². The molecule has 0 spiro atoms. The lowest BCUT2D eigenvalue weighted by molar-refractivity contribution is -0.166. The van der Waals surface area contributed by atoms with E-state index in [1.165, 1.54) is 39.6 Å². The molecule has 0 aromatic carbocycles. The number of aromatic nitrogens is 4. The Bertz CT molecular complexity index is 867. The molecule has 0 aliphatic carbocycles. The molecule has 4 atom stereocenters. The van der Waals surface area contributed by atoms with Crippen molar-refractivity contribution in [3.63, 3.8) is 0 Å². The molecule has 144 valence electrons. The van der Waals surface area contributed by atoms with Gasteiger partial charge in [0.15, 0.2) is 24.1 Å². The van der Waals surface area contributed by atoms with Crippen LogP contribution in [0.15, 0.2) is 18.9 Å². The molecule has 1 fully saturated rings. The first-order valence-electron chi connectivity index (χ1n) is 8.12. The Balaban J connectivity index is 1.98. The Labute approximate surface area is 153 Å². The van der Waals surface area contributed by atoms with Gasteiger partial charge in [0.2, 0.25) is 0 Å². The summed E-state index contributed by atoms with van der Waals surface area (Å²) in [5, 5.41) is 0. The summed E-state index contributed by atoms with van der Waals surface area (Å²) in [6, 6.07) is 0. The molecule has 3 heterocycles. The van der Waals surface area contributed by atoms with Gasteiger partial charge in [-0.2, -0.15) is 0 Å². The summed E-state index contributed by atoms with van der Waals surface area (Å²) in [6.45, 7) is 3.53. The van der Waals surface area contributed by atoms with Gasteiger partial charge in [0.25, 0.3) is 0 Å². The molecule has 11 nitrogen and oxygen atoms in total. The Kier molecular flexibility index (Phi) is 5.31. The standard InChI is InChI=1S/C16H18N4O7/c1-8(21)24-5-12-13(25-9(2)22)14(26-10(3)23)16(27-12)20-7-19-15-11(20)4-17-6-18-15/h4,6-7,12-14,16H,5H2,1-3H3/t12-,13-,14-,16-/m1/s1. The third-order valence-corrected chi connectivity index (χ3v) is 3.87. The van der Waals surface area contributed by atoms with E-state index in [0.717, 1.165) is 0 Å². The van der Waals surface area contributed by atoms with Crippen molar-refractivity contribution in [3.05, 3.63) is 18.9 Å². The summed E-state index contributed by atoms with van der Waals surface area (Å²) in [5.41, 5.74) is 0.956. The second kappa shape index (κ2) is 7.66. The molecule has 0 saturated carbocycles. The second-order valence-corrected chi connectivity index (χ2v) is 5.90. The smallest absolute Gasteiger partial charge is 0.303 e. The van der Waals surface area contributed by atoms with Crippen LogP contribution in [0.3, 0.4) is 0 Å². The van der Waals surface area contributed by atoms with E-state index < -0.39 is 42.4 Å². The summed E-state index contributed by atoms with van der Waals surface area (Å²) in [6.07, 6.45) is 0.666. The minimum Gasteiger partial charge on any atom is -0.463 e. The lowest BCUT2D eigenvalue weighted by atomic mass is 10.1. The van der Waals surface area contributed by atoms with Crippen molar-refractivity contribution >= 4 is 29.1 Å². The van der Waals surface area contributed by atoms with Gasteiger partial charge in [-0.05, 0) is 0 Å².